The van der Waals surface area contributed by atoms with Crippen molar-refractivity contribution in [1.82, 2.24) is 15.0 Å². The molecule has 8 fully saturated rings. The van der Waals surface area contributed by atoms with E-state index in [0.29, 0.717) is 53.9 Å². The van der Waals surface area contributed by atoms with Gasteiger partial charge in [-0.25, -0.2) is 9.97 Å². The SMILES string of the molecule is O=C1C2CC3CC1CC(C(=O)Nc1ccc(-c4nc5cc(NC(=O)C67CC8CC(CC(C8)C6)C7)ncc5[nH]4)cc1)(C3)C2. The molecule has 2 atom stereocenters. The number of pyridine rings is 1. The number of imidazole rings is 1. The fraction of sp³-hybridized carbons (Fsp3) is 0.559. The molecule has 8 aliphatic rings. The van der Waals surface area contributed by atoms with Crippen LogP contribution in [0.2, 0.25) is 0 Å². The van der Waals surface area contributed by atoms with E-state index in [1.54, 1.807) is 6.20 Å². The molecule has 0 saturated heterocycles. The van der Waals surface area contributed by atoms with Crippen LogP contribution in [-0.2, 0) is 14.4 Å². The van der Waals surface area contributed by atoms with E-state index in [1.165, 1.54) is 19.3 Å². The number of fused-ring (bicyclic) bond motifs is 1. The molecule has 0 spiro atoms. The number of carbonyl (C=O) groups is 3. The van der Waals surface area contributed by atoms with E-state index in [1.807, 2.05) is 30.3 Å². The van der Waals surface area contributed by atoms with Crippen molar-refractivity contribution in [3.63, 3.8) is 0 Å². The van der Waals surface area contributed by atoms with Crippen LogP contribution in [-0.4, -0.2) is 32.5 Å². The molecule has 2 unspecified atom stereocenters. The van der Waals surface area contributed by atoms with Crippen molar-refractivity contribution in [2.24, 2.45) is 46.3 Å². The molecule has 3 aromatic rings. The highest BCUT2D eigenvalue weighted by molar-refractivity contribution is 5.99. The van der Waals surface area contributed by atoms with E-state index in [9.17, 15) is 14.4 Å². The van der Waals surface area contributed by atoms with Gasteiger partial charge in [-0.05, 0) is 119 Å². The molecule has 0 radical (unpaired) electrons. The number of hydrogen-bond acceptors (Lipinski definition) is 5. The lowest BCUT2D eigenvalue weighted by atomic mass is 9.49. The maximum Gasteiger partial charge on any atom is 0.231 e. The molecule has 8 heteroatoms. The number of carbonyl (C=O) groups excluding carboxylic acids is 3. The number of nitrogens with zero attached hydrogens (tertiary/aromatic N) is 2. The smallest absolute Gasteiger partial charge is 0.231 e. The summed E-state index contributed by atoms with van der Waals surface area (Å²) in [5.74, 6) is 4.72. The second kappa shape index (κ2) is 8.74. The Balaban J connectivity index is 0.895. The third kappa shape index (κ3) is 3.82. The molecule has 2 aromatic heterocycles. The third-order valence-corrected chi connectivity index (χ3v) is 12.0. The van der Waals surface area contributed by atoms with E-state index < -0.39 is 5.41 Å². The van der Waals surface area contributed by atoms with E-state index in [0.717, 1.165) is 60.8 Å². The van der Waals surface area contributed by atoms with E-state index in [4.69, 9.17) is 4.98 Å². The summed E-state index contributed by atoms with van der Waals surface area (Å²) in [5.41, 5.74) is 2.63. The third-order valence-electron chi connectivity index (χ3n) is 12.0. The molecule has 8 aliphatic carbocycles. The fourth-order valence-electron chi connectivity index (χ4n) is 10.8. The van der Waals surface area contributed by atoms with Crippen molar-refractivity contribution in [2.45, 2.75) is 70.6 Å². The molecule has 11 rings (SSSR count). The van der Waals surface area contributed by atoms with Crippen LogP contribution in [0.1, 0.15) is 70.6 Å². The molecule has 0 aliphatic heterocycles. The van der Waals surface area contributed by atoms with Crippen molar-refractivity contribution in [3.8, 4) is 11.4 Å². The van der Waals surface area contributed by atoms with Gasteiger partial charge >= 0.3 is 0 Å². The number of H-pyrrole nitrogens is 1. The molecule has 8 saturated carbocycles. The first kappa shape index (κ1) is 25.0. The zero-order valence-corrected chi connectivity index (χ0v) is 23.8. The van der Waals surface area contributed by atoms with Crippen LogP contribution in [0.3, 0.4) is 0 Å². The summed E-state index contributed by atoms with van der Waals surface area (Å²) in [6, 6.07) is 9.61. The van der Waals surface area contributed by atoms with Gasteiger partial charge in [-0.2, -0.15) is 0 Å². The van der Waals surface area contributed by atoms with E-state index in [-0.39, 0.29) is 29.1 Å². The van der Waals surface area contributed by atoms with E-state index in [2.05, 4.69) is 20.6 Å². The first-order valence-electron chi connectivity index (χ1n) is 16.0. The van der Waals surface area contributed by atoms with Gasteiger partial charge in [0.05, 0.1) is 28.1 Å². The topological polar surface area (TPSA) is 117 Å². The quantitative estimate of drug-likeness (QED) is 0.346. The van der Waals surface area contributed by atoms with Gasteiger partial charge in [0.1, 0.15) is 17.4 Å². The van der Waals surface area contributed by atoms with Crippen molar-refractivity contribution in [3.05, 3.63) is 36.5 Å². The highest BCUT2D eigenvalue weighted by Crippen LogP contribution is 2.61. The summed E-state index contributed by atoms with van der Waals surface area (Å²) >= 11 is 0. The number of rotatable bonds is 5. The Kier molecular flexibility index (Phi) is 5.20. The van der Waals surface area contributed by atoms with Gasteiger partial charge in [-0.15, -0.1) is 0 Å². The lowest BCUT2D eigenvalue weighted by molar-refractivity contribution is -0.154. The average molecular weight is 564 g/mol. The number of amides is 2. The monoisotopic (exact) mass is 563 g/mol. The Hall–Kier alpha value is -3.55. The number of hydrogen-bond donors (Lipinski definition) is 3. The van der Waals surface area contributed by atoms with Crippen LogP contribution in [0, 0.1) is 46.3 Å². The number of nitrogens with one attached hydrogen (secondary N) is 3. The van der Waals surface area contributed by atoms with E-state index >= 15 is 0 Å². The maximum atomic E-state index is 13.5. The van der Waals surface area contributed by atoms with Crippen LogP contribution in [0.15, 0.2) is 36.5 Å². The van der Waals surface area contributed by atoms with Crippen LogP contribution in [0.5, 0.6) is 0 Å². The van der Waals surface area contributed by atoms with Crippen LogP contribution in [0.4, 0.5) is 11.5 Å². The second-order valence-corrected chi connectivity index (χ2v) is 14.9. The largest absolute Gasteiger partial charge is 0.337 e. The number of anilines is 2. The molecule has 2 amide bonds. The molecule has 3 N–H and O–H groups in total. The molecule has 42 heavy (non-hydrogen) atoms. The van der Waals surface area contributed by atoms with Gasteiger partial charge in [0, 0.05) is 29.2 Å². The molecule has 2 heterocycles. The number of Topliss-reactive ketones (excluding diaryl/α,β-unsaturated/α-hetero) is 1. The normalized spacial score (nSPS) is 37.4. The second-order valence-electron chi connectivity index (χ2n) is 14.9. The Bertz CT molecular complexity index is 1590. The van der Waals surface area contributed by atoms with Gasteiger partial charge in [0.2, 0.25) is 11.8 Å². The fourth-order valence-corrected chi connectivity index (χ4v) is 10.8. The number of aromatic amines is 1. The summed E-state index contributed by atoms with van der Waals surface area (Å²) in [5, 5.41) is 6.31. The van der Waals surface area contributed by atoms with Crippen molar-refractivity contribution >= 4 is 40.1 Å². The van der Waals surface area contributed by atoms with Gasteiger partial charge in [-0.1, -0.05) is 0 Å². The minimum atomic E-state index is -0.391. The van der Waals surface area contributed by atoms with Crippen molar-refractivity contribution in [2.75, 3.05) is 10.6 Å². The predicted molar refractivity (Wildman–Crippen MR) is 158 cm³/mol. The van der Waals surface area contributed by atoms with Crippen molar-refractivity contribution in [1.29, 1.82) is 0 Å². The molecular formula is C34H37N5O3. The number of ketones is 1. The average Bonchev–Trinajstić information content (AvgIpc) is 3.38. The Morgan fingerprint density at radius 3 is 1.98 bits per heavy atom. The molecule has 8 nitrogen and oxygen atoms in total. The lowest BCUT2D eigenvalue weighted by Gasteiger charge is -2.55. The standard InChI is InChI=1S/C34H37N5O3/c40-29-23-8-21-9-24(29)16-34(14-21,15-23)31(41)36-25-3-1-22(2-4-25)30-37-26-10-28(35-17-27(26)38-30)39-32(42)33-11-18-5-19(12-33)7-20(6-18)13-33/h1-4,10,17-21,23-24H,5-9,11-16H2,(H,36,41)(H,37,38)(H,35,39,42). The number of benzene rings is 1. The summed E-state index contributed by atoms with van der Waals surface area (Å²) in [4.78, 5) is 52.2. The lowest BCUT2D eigenvalue weighted by Crippen LogP contribution is -2.55. The van der Waals surface area contributed by atoms with Gasteiger partial charge in [-0.3, -0.25) is 14.4 Å². The van der Waals surface area contributed by atoms with Gasteiger partial charge < -0.3 is 15.6 Å². The predicted octanol–water partition coefficient (Wildman–Crippen LogP) is 6.11. The maximum absolute atomic E-state index is 13.5. The zero-order chi connectivity index (χ0) is 28.2. The van der Waals surface area contributed by atoms with Crippen LogP contribution < -0.4 is 10.6 Å². The van der Waals surface area contributed by atoms with Crippen LogP contribution >= 0.6 is 0 Å². The van der Waals surface area contributed by atoms with Gasteiger partial charge in [0.15, 0.2) is 0 Å². The Morgan fingerprint density at radius 2 is 1.33 bits per heavy atom. The Morgan fingerprint density at radius 1 is 0.762 bits per heavy atom. The number of aromatic nitrogens is 3. The minimum Gasteiger partial charge on any atom is -0.337 e. The summed E-state index contributed by atoms with van der Waals surface area (Å²) in [6.07, 6.45) is 13.0. The summed E-state index contributed by atoms with van der Waals surface area (Å²) in [6.45, 7) is 0. The molecule has 8 bridgehead atoms. The first-order chi connectivity index (χ1) is 20.3. The molecular weight excluding hydrogens is 526 g/mol. The Labute approximate surface area is 244 Å². The molecule has 1 aromatic carbocycles. The summed E-state index contributed by atoms with van der Waals surface area (Å²) < 4.78 is 0. The summed E-state index contributed by atoms with van der Waals surface area (Å²) in [7, 11) is 0. The highest BCUT2D eigenvalue weighted by atomic mass is 16.2. The zero-order valence-electron chi connectivity index (χ0n) is 23.8. The van der Waals surface area contributed by atoms with Crippen LogP contribution in [0.25, 0.3) is 22.4 Å². The first-order valence-corrected chi connectivity index (χ1v) is 16.0. The van der Waals surface area contributed by atoms with Crippen molar-refractivity contribution < 1.29 is 14.4 Å². The molecule has 216 valence electrons. The highest BCUT2D eigenvalue weighted by Gasteiger charge is 2.58. The minimum absolute atomic E-state index is 0.0695. The van der Waals surface area contributed by atoms with Gasteiger partial charge in [0.25, 0.3) is 0 Å².